The van der Waals surface area contributed by atoms with Gasteiger partial charge in [0.25, 0.3) is 0 Å². The second kappa shape index (κ2) is 5.32. The van der Waals surface area contributed by atoms with Crippen molar-refractivity contribution < 1.29 is 4.79 Å². The van der Waals surface area contributed by atoms with E-state index in [1.165, 1.54) is 5.56 Å². The molecule has 0 N–H and O–H groups in total. The number of amides is 1. The molecule has 3 nitrogen and oxygen atoms in total. The van der Waals surface area contributed by atoms with Gasteiger partial charge in [0.15, 0.2) is 0 Å². The topological polar surface area (TPSA) is 23.6 Å². The maximum absolute atomic E-state index is 11.7. The molecule has 3 heteroatoms. The number of hydrogen-bond donors (Lipinski definition) is 0. The molecule has 1 fully saturated rings. The molecule has 1 aliphatic rings. The van der Waals surface area contributed by atoms with Crippen molar-refractivity contribution in [2.24, 2.45) is 0 Å². The summed E-state index contributed by atoms with van der Waals surface area (Å²) >= 11 is 0. The van der Waals surface area contributed by atoms with Crippen LogP contribution < -0.4 is 0 Å². The molecule has 0 bridgehead atoms. The second-order valence-corrected chi connectivity index (χ2v) is 4.84. The Hall–Kier alpha value is -1.35. The van der Waals surface area contributed by atoms with E-state index in [0.29, 0.717) is 6.04 Å². The molecule has 1 aliphatic heterocycles. The Balaban J connectivity index is 2.05. The number of benzene rings is 1. The van der Waals surface area contributed by atoms with Gasteiger partial charge in [0, 0.05) is 26.1 Å². The van der Waals surface area contributed by atoms with E-state index in [-0.39, 0.29) is 5.91 Å². The van der Waals surface area contributed by atoms with Crippen LogP contribution in [-0.2, 0) is 11.3 Å². The first kappa shape index (κ1) is 12.1. The smallest absolute Gasteiger partial charge is 0.220 e. The standard InChI is InChI=1S/C14H20N2O/c1-12(17)16(14-8-9-15(2)11-14)10-13-6-4-3-5-7-13/h3-7,14H,8-11H2,1-2H3. The van der Waals surface area contributed by atoms with Crippen LogP contribution in [0.4, 0.5) is 0 Å². The summed E-state index contributed by atoms with van der Waals surface area (Å²) < 4.78 is 0. The van der Waals surface area contributed by atoms with E-state index in [2.05, 4.69) is 24.1 Å². The molecule has 92 valence electrons. The minimum atomic E-state index is 0.175. The molecule has 1 heterocycles. The van der Waals surface area contributed by atoms with Crippen LogP contribution in [0.5, 0.6) is 0 Å². The Kier molecular flexibility index (Phi) is 3.79. The van der Waals surface area contributed by atoms with Gasteiger partial charge in [-0.3, -0.25) is 4.79 Å². The van der Waals surface area contributed by atoms with Gasteiger partial charge in [-0.1, -0.05) is 30.3 Å². The van der Waals surface area contributed by atoms with Crippen LogP contribution in [0.1, 0.15) is 18.9 Å². The van der Waals surface area contributed by atoms with E-state index in [0.717, 1.165) is 26.1 Å². The zero-order chi connectivity index (χ0) is 12.3. The average molecular weight is 232 g/mol. The van der Waals surface area contributed by atoms with E-state index in [9.17, 15) is 4.79 Å². The van der Waals surface area contributed by atoms with Gasteiger partial charge in [-0.2, -0.15) is 0 Å². The third kappa shape index (κ3) is 3.07. The molecular weight excluding hydrogens is 212 g/mol. The van der Waals surface area contributed by atoms with Crippen molar-refractivity contribution in [1.82, 2.24) is 9.80 Å². The maximum Gasteiger partial charge on any atom is 0.220 e. The quantitative estimate of drug-likeness (QED) is 0.792. The predicted molar refractivity (Wildman–Crippen MR) is 68.6 cm³/mol. The lowest BCUT2D eigenvalue weighted by molar-refractivity contribution is -0.131. The molecular formula is C14H20N2O. The highest BCUT2D eigenvalue weighted by Gasteiger charge is 2.27. The normalized spacial score (nSPS) is 20.5. The molecule has 2 rings (SSSR count). The number of nitrogens with zero attached hydrogens (tertiary/aromatic N) is 2. The first-order chi connectivity index (χ1) is 8.16. The lowest BCUT2D eigenvalue weighted by atomic mass is 10.1. The van der Waals surface area contributed by atoms with Crippen LogP contribution in [0, 0.1) is 0 Å². The van der Waals surface area contributed by atoms with Crippen molar-refractivity contribution in [2.45, 2.75) is 25.9 Å². The van der Waals surface area contributed by atoms with E-state index in [1.807, 2.05) is 23.1 Å². The lowest BCUT2D eigenvalue weighted by Crippen LogP contribution is -2.39. The number of likely N-dealkylation sites (tertiary alicyclic amines) is 1. The Morgan fingerprint density at radius 1 is 1.41 bits per heavy atom. The Morgan fingerprint density at radius 2 is 2.12 bits per heavy atom. The largest absolute Gasteiger partial charge is 0.334 e. The molecule has 0 radical (unpaired) electrons. The molecule has 1 saturated heterocycles. The van der Waals surface area contributed by atoms with Crippen LogP contribution in [-0.4, -0.2) is 41.9 Å². The van der Waals surface area contributed by atoms with Crippen molar-refractivity contribution in [2.75, 3.05) is 20.1 Å². The van der Waals surface area contributed by atoms with Crippen molar-refractivity contribution in [3.8, 4) is 0 Å². The van der Waals surface area contributed by atoms with Crippen LogP contribution in [0.2, 0.25) is 0 Å². The molecule has 0 saturated carbocycles. The highest BCUT2D eigenvalue weighted by atomic mass is 16.2. The molecule has 1 atom stereocenters. The van der Waals surface area contributed by atoms with Crippen molar-refractivity contribution >= 4 is 5.91 Å². The number of hydrogen-bond acceptors (Lipinski definition) is 2. The van der Waals surface area contributed by atoms with Crippen LogP contribution in [0.3, 0.4) is 0 Å². The average Bonchev–Trinajstić information content (AvgIpc) is 2.73. The highest BCUT2D eigenvalue weighted by molar-refractivity contribution is 5.73. The molecule has 17 heavy (non-hydrogen) atoms. The Labute approximate surface area is 103 Å². The van der Waals surface area contributed by atoms with Gasteiger partial charge < -0.3 is 9.80 Å². The zero-order valence-electron chi connectivity index (χ0n) is 10.6. The van der Waals surface area contributed by atoms with E-state index in [4.69, 9.17) is 0 Å². The summed E-state index contributed by atoms with van der Waals surface area (Å²) in [6.45, 7) is 4.48. The number of carbonyl (C=O) groups is 1. The Morgan fingerprint density at radius 3 is 2.65 bits per heavy atom. The van der Waals surface area contributed by atoms with E-state index < -0.39 is 0 Å². The van der Waals surface area contributed by atoms with E-state index in [1.54, 1.807) is 6.92 Å². The first-order valence-corrected chi connectivity index (χ1v) is 6.16. The summed E-state index contributed by atoms with van der Waals surface area (Å²) in [6.07, 6.45) is 1.09. The summed E-state index contributed by atoms with van der Waals surface area (Å²) in [5, 5.41) is 0. The van der Waals surface area contributed by atoms with Gasteiger partial charge in [0.1, 0.15) is 0 Å². The van der Waals surface area contributed by atoms with E-state index >= 15 is 0 Å². The fourth-order valence-electron chi connectivity index (χ4n) is 2.44. The van der Waals surface area contributed by atoms with Gasteiger partial charge in [0.2, 0.25) is 5.91 Å². The summed E-state index contributed by atoms with van der Waals surface area (Å²) in [5.74, 6) is 0.175. The second-order valence-electron chi connectivity index (χ2n) is 4.84. The molecule has 0 spiro atoms. The molecule has 1 amide bonds. The molecule has 1 aromatic carbocycles. The van der Waals surface area contributed by atoms with Crippen LogP contribution >= 0.6 is 0 Å². The summed E-state index contributed by atoms with van der Waals surface area (Å²) in [4.78, 5) is 16.0. The zero-order valence-corrected chi connectivity index (χ0v) is 10.6. The Bertz CT molecular complexity index is 377. The number of carbonyl (C=O) groups excluding carboxylic acids is 1. The fraction of sp³-hybridized carbons (Fsp3) is 0.500. The van der Waals surface area contributed by atoms with Crippen LogP contribution in [0.25, 0.3) is 0 Å². The third-order valence-corrected chi connectivity index (χ3v) is 3.41. The van der Waals surface area contributed by atoms with Gasteiger partial charge in [-0.05, 0) is 25.6 Å². The monoisotopic (exact) mass is 232 g/mol. The summed E-state index contributed by atoms with van der Waals surface area (Å²) in [7, 11) is 2.11. The van der Waals surface area contributed by atoms with Crippen molar-refractivity contribution in [3.63, 3.8) is 0 Å². The predicted octanol–water partition coefficient (Wildman–Crippen LogP) is 1.74. The molecule has 0 aromatic heterocycles. The third-order valence-electron chi connectivity index (χ3n) is 3.41. The minimum Gasteiger partial charge on any atom is -0.334 e. The van der Waals surface area contributed by atoms with Gasteiger partial charge in [-0.15, -0.1) is 0 Å². The summed E-state index contributed by atoms with van der Waals surface area (Å²) in [5.41, 5.74) is 1.21. The molecule has 1 aromatic rings. The van der Waals surface area contributed by atoms with Crippen molar-refractivity contribution in [3.05, 3.63) is 35.9 Å². The van der Waals surface area contributed by atoms with Crippen LogP contribution in [0.15, 0.2) is 30.3 Å². The first-order valence-electron chi connectivity index (χ1n) is 6.16. The van der Waals surface area contributed by atoms with Gasteiger partial charge in [0.05, 0.1) is 0 Å². The highest BCUT2D eigenvalue weighted by Crippen LogP contribution is 2.17. The van der Waals surface area contributed by atoms with Gasteiger partial charge >= 0.3 is 0 Å². The van der Waals surface area contributed by atoms with Crippen molar-refractivity contribution in [1.29, 1.82) is 0 Å². The SMILES string of the molecule is CC(=O)N(Cc1ccccc1)C1CCN(C)C1. The summed E-state index contributed by atoms with van der Waals surface area (Å²) in [6, 6.07) is 10.6. The lowest BCUT2D eigenvalue weighted by Gasteiger charge is -2.28. The fourth-order valence-corrected chi connectivity index (χ4v) is 2.44. The van der Waals surface area contributed by atoms with Gasteiger partial charge in [-0.25, -0.2) is 0 Å². The maximum atomic E-state index is 11.7. The minimum absolute atomic E-state index is 0.175. The number of rotatable bonds is 3. The molecule has 1 unspecified atom stereocenters. The number of likely N-dealkylation sites (N-methyl/N-ethyl adjacent to an activating group) is 1. The molecule has 0 aliphatic carbocycles.